The monoisotopic (exact) mass is 344 g/mol. The molecule has 124 valence electrons. The second-order valence-corrected chi connectivity index (χ2v) is 6.11. The van der Waals surface area contributed by atoms with Gasteiger partial charge < -0.3 is 14.4 Å². The maximum Gasteiger partial charge on any atom is 0.274 e. The van der Waals surface area contributed by atoms with Gasteiger partial charge in [-0.25, -0.2) is 0 Å². The molecule has 1 aromatic carbocycles. The van der Waals surface area contributed by atoms with Crippen LogP contribution in [0, 0.1) is 0 Å². The van der Waals surface area contributed by atoms with Gasteiger partial charge in [-0.15, -0.1) is 0 Å². The van der Waals surface area contributed by atoms with E-state index < -0.39 is 0 Å². The Morgan fingerprint density at radius 2 is 2.04 bits per heavy atom. The molecular formula is C17H17ClN4O2. The molecule has 0 atom stereocenters. The maximum absolute atomic E-state index is 12.0. The number of nitrogens with zero attached hydrogens (tertiary/aromatic N) is 3. The molecule has 1 N–H and O–H groups in total. The molecular weight excluding hydrogens is 328 g/mol. The molecule has 0 aliphatic carbocycles. The Morgan fingerprint density at radius 1 is 1.29 bits per heavy atom. The molecule has 0 aliphatic heterocycles. The van der Waals surface area contributed by atoms with Crippen LogP contribution in [0.15, 0.2) is 47.1 Å². The third kappa shape index (κ3) is 3.65. The normalized spacial score (nSPS) is 11.0. The quantitative estimate of drug-likeness (QED) is 0.770. The Hall–Kier alpha value is -2.60. The molecule has 0 saturated heterocycles. The first-order chi connectivity index (χ1) is 11.5. The van der Waals surface area contributed by atoms with Crippen molar-refractivity contribution < 1.29 is 9.32 Å². The Morgan fingerprint density at radius 3 is 2.75 bits per heavy atom. The summed E-state index contributed by atoms with van der Waals surface area (Å²) in [5.41, 5.74) is 1.51. The number of nitrogens with one attached hydrogen (secondary N) is 1. The van der Waals surface area contributed by atoms with E-state index in [1.165, 1.54) is 0 Å². The van der Waals surface area contributed by atoms with Crippen molar-refractivity contribution in [3.8, 4) is 23.0 Å². The number of halogens is 1. The van der Waals surface area contributed by atoms with Crippen LogP contribution in [0.1, 0.15) is 13.8 Å². The van der Waals surface area contributed by atoms with Crippen LogP contribution in [-0.4, -0.2) is 26.7 Å². The summed E-state index contributed by atoms with van der Waals surface area (Å²) in [5, 5.41) is 7.50. The lowest BCUT2D eigenvalue weighted by molar-refractivity contribution is -0.122. The van der Waals surface area contributed by atoms with Crippen LogP contribution in [0.3, 0.4) is 0 Å². The highest BCUT2D eigenvalue weighted by molar-refractivity contribution is 6.30. The Kier molecular flexibility index (Phi) is 4.66. The van der Waals surface area contributed by atoms with Gasteiger partial charge in [0.25, 0.3) is 5.89 Å². The van der Waals surface area contributed by atoms with Crippen molar-refractivity contribution in [2.24, 2.45) is 0 Å². The third-order valence-electron chi connectivity index (χ3n) is 3.34. The van der Waals surface area contributed by atoms with Gasteiger partial charge >= 0.3 is 0 Å². The molecule has 0 unspecified atom stereocenters. The molecule has 7 heteroatoms. The van der Waals surface area contributed by atoms with E-state index in [2.05, 4.69) is 15.5 Å². The Labute approximate surface area is 144 Å². The Bertz CT molecular complexity index is 836. The molecule has 3 aromatic rings. The molecule has 0 bridgehead atoms. The zero-order chi connectivity index (χ0) is 17.1. The number of aromatic nitrogens is 3. The summed E-state index contributed by atoms with van der Waals surface area (Å²) in [6, 6.07) is 11.0. The van der Waals surface area contributed by atoms with Crippen LogP contribution in [-0.2, 0) is 11.3 Å². The Balaban J connectivity index is 1.82. The van der Waals surface area contributed by atoms with E-state index in [0.717, 1.165) is 5.56 Å². The van der Waals surface area contributed by atoms with Gasteiger partial charge in [-0.3, -0.25) is 4.79 Å². The van der Waals surface area contributed by atoms with Crippen molar-refractivity contribution in [2.45, 2.75) is 26.4 Å². The number of amides is 1. The van der Waals surface area contributed by atoms with E-state index in [4.69, 9.17) is 16.1 Å². The van der Waals surface area contributed by atoms with Crippen molar-refractivity contribution in [1.82, 2.24) is 20.0 Å². The molecule has 0 aliphatic rings. The van der Waals surface area contributed by atoms with Crippen LogP contribution in [0.5, 0.6) is 0 Å². The minimum Gasteiger partial charge on any atom is -0.352 e. The number of carbonyl (C=O) groups is 1. The van der Waals surface area contributed by atoms with Gasteiger partial charge in [-0.2, -0.15) is 4.98 Å². The largest absolute Gasteiger partial charge is 0.352 e. The summed E-state index contributed by atoms with van der Waals surface area (Å²) in [5.74, 6) is 0.767. The minimum absolute atomic E-state index is 0.0695. The summed E-state index contributed by atoms with van der Waals surface area (Å²) in [4.78, 5) is 16.4. The van der Waals surface area contributed by atoms with Crippen LogP contribution in [0.25, 0.3) is 23.0 Å². The standard InChI is InChI=1S/C17H17ClN4O2/c1-11(2)19-15(23)10-22-9-3-4-14(22)17-20-16(21-24-17)12-5-7-13(18)8-6-12/h3-9,11H,10H2,1-2H3,(H,19,23). The summed E-state index contributed by atoms with van der Waals surface area (Å²) in [6.45, 7) is 4.04. The summed E-state index contributed by atoms with van der Waals surface area (Å²) in [6.07, 6.45) is 1.81. The molecule has 6 nitrogen and oxygen atoms in total. The SMILES string of the molecule is CC(C)NC(=O)Cn1cccc1-c1nc(-c2ccc(Cl)cc2)no1. The number of hydrogen-bond acceptors (Lipinski definition) is 4. The molecule has 2 heterocycles. The van der Waals surface area contributed by atoms with Crippen molar-refractivity contribution >= 4 is 17.5 Å². The minimum atomic E-state index is -0.0695. The average molecular weight is 345 g/mol. The van der Waals surface area contributed by atoms with E-state index in [9.17, 15) is 4.79 Å². The zero-order valence-corrected chi connectivity index (χ0v) is 14.1. The van der Waals surface area contributed by atoms with Gasteiger partial charge in [0.1, 0.15) is 12.2 Å². The zero-order valence-electron chi connectivity index (χ0n) is 13.4. The lowest BCUT2D eigenvalue weighted by Gasteiger charge is -2.10. The first-order valence-electron chi connectivity index (χ1n) is 7.57. The van der Waals surface area contributed by atoms with Crippen LogP contribution in [0.2, 0.25) is 5.02 Å². The number of hydrogen-bond donors (Lipinski definition) is 1. The average Bonchev–Trinajstić information content (AvgIpc) is 3.16. The summed E-state index contributed by atoms with van der Waals surface area (Å²) in [7, 11) is 0. The smallest absolute Gasteiger partial charge is 0.274 e. The molecule has 0 spiro atoms. The van der Waals surface area contributed by atoms with Gasteiger partial charge in [0.15, 0.2) is 0 Å². The first kappa shape index (κ1) is 16.3. The highest BCUT2D eigenvalue weighted by Gasteiger charge is 2.15. The highest BCUT2D eigenvalue weighted by Crippen LogP contribution is 2.23. The fourth-order valence-electron chi connectivity index (χ4n) is 2.31. The first-order valence-corrected chi connectivity index (χ1v) is 7.95. The fourth-order valence-corrected chi connectivity index (χ4v) is 2.44. The number of rotatable bonds is 5. The van der Waals surface area contributed by atoms with Gasteiger partial charge in [-0.1, -0.05) is 16.8 Å². The van der Waals surface area contributed by atoms with E-state index in [1.54, 1.807) is 22.9 Å². The van der Waals surface area contributed by atoms with Gasteiger partial charge in [0, 0.05) is 22.8 Å². The van der Waals surface area contributed by atoms with E-state index in [0.29, 0.717) is 22.4 Å². The van der Waals surface area contributed by atoms with E-state index in [-0.39, 0.29) is 18.5 Å². The fraction of sp³-hybridized carbons (Fsp3) is 0.235. The van der Waals surface area contributed by atoms with Crippen LogP contribution < -0.4 is 5.32 Å². The molecule has 0 saturated carbocycles. The second-order valence-electron chi connectivity index (χ2n) is 5.67. The number of carbonyl (C=O) groups excluding carboxylic acids is 1. The van der Waals surface area contributed by atoms with Crippen molar-refractivity contribution in [1.29, 1.82) is 0 Å². The predicted molar refractivity (Wildman–Crippen MR) is 91.4 cm³/mol. The molecule has 2 aromatic heterocycles. The topological polar surface area (TPSA) is 73.0 Å². The van der Waals surface area contributed by atoms with Crippen molar-refractivity contribution in [3.05, 3.63) is 47.6 Å². The molecule has 3 rings (SSSR count). The molecule has 0 radical (unpaired) electrons. The van der Waals surface area contributed by atoms with Gasteiger partial charge in [0.2, 0.25) is 11.7 Å². The lowest BCUT2D eigenvalue weighted by atomic mass is 10.2. The number of benzene rings is 1. The van der Waals surface area contributed by atoms with E-state index >= 15 is 0 Å². The molecule has 0 fully saturated rings. The second kappa shape index (κ2) is 6.88. The van der Waals surface area contributed by atoms with Crippen LogP contribution in [0.4, 0.5) is 0 Å². The van der Waals surface area contributed by atoms with Gasteiger partial charge in [-0.05, 0) is 50.2 Å². The maximum atomic E-state index is 12.0. The summed E-state index contributed by atoms with van der Waals surface area (Å²) < 4.78 is 7.13. The third-order valence-corrected chi connectivity index (χ3v) is 3.59. The van der Waals surface area contributed by atoms with Crippen molar-refractivity contribution in [3.63, 3.8) is 0 Å². The predicted octanol–water partition coefficient (Wildman–Crippen LogP) is 3.38. The highest BCUT2D eigenvalue weighted by atomic mass is 35.5. The molecule has 24 heavy (non-hydrogen) atoms. The van der Waals surface area contributed by atoms with Crippen molar-refractivity contribution in [2.75, 3.05) is 0 Å². The summed E-state index contributed by atoms with van der Waals surface area (Å²) >= 11 is 5.89. The van der Waals surface area contributed by atoms with Crippen LogP contribution >= 0.6 is 11.6 Å². The lowest BCUT2D eigenvalue weighted by Crippen LogP contribution is -2.33. The van der Waals surface area contributed by atoms with Gasteiger partial charge in [0.05, 0.1) is 0 Å². The van der Waals surface area contributed by atoms with E-state index in [1.807, 2.05) is 38.1 Å². The molecule has 1 amide bonds.